The lowest BCUT2D eigenvalue weighted by atomic mass is 10.0. The van der Waals surface area contributed by atoms with Crippen molar-refractivity contribution in [3.63, 3.8) is 0 Å². The van der Waals surface area contributed by atoms with Crippen LogP contribution in [0.15, 0.2) is 36.5 Å². The van der Waals surface area contributed by atoms with Crippen molar-refractivity contribution in [3.05, 3.63) is 47.8 Å². The third-order valence-corrected chi connectivity index (χ3v) is 3.92. The van der Waals surface area contributed by atoms with Crippen molar-refractivity contribution in [2.75, 3.05) is 7.05 Å². The molecule has 1 aromatic carbocycles. The van der Waals surface area contributed by atoms with E-state index in [9.17, 15) is 0 Å². The standard InChI is InChI=1S/C16H21N3/c1-3-14(17-2)13-6-4-5-7-16(13)19-11-10-15(18-19)12-8-9-12/h4-7,10-12,14,17H,3,8-9H2,1-2H3. The van der Waals surface area contributed by atoms with Crippen molar-refractivity contribution in [3.8, 4) is 5.69 Å². The maximum absolute atomic E-state index is 4.74. The average Bonchev–Trinajstić information content (AvgIpc) is 3.19. The van der Waals surface area contributed by atoms with Gasteiger partial charge in [0, 0.05) is 18.2 Å². The smallest absolute Gasteiger partial charge is 0.0693 e. The van der Waals surface area contributed by atoms with Crippen LogP contribution in [0.4, 0.5) is 0 Å². The van der Waals surface area contributed by atoms with Crippen LogP contribution in [0.25, 0.3) is 5.69 Å². The Morgan fingerprint density at radius 1 is 1.32 bits per heavy atom. The van der Waals surface area contributed by atoms with Crippen molar-refractivity contribution >= 4 is 0 Å². The van der Waals surface area contributed by atoms with E-state index in [1.54, 1.807) is 0 Å². The Morgan fingerprint density at radius 3 is 2.79 bits per heavy atom. The Hall–Kier alpha value is -1.61. The molecule has 0 spiro atoms. The van der Waals surface area contributed by atoms with Crippen molar-refractivity contribution < 1.29 is 0 Å². The SMILES string of the molecule is CCC(NC)c1ccccc1-n1ccc(C2CC2)n1. The highest BCUT2D eigenvalue weighted by molar-refractivity contribution is 5.42. The Kier molecular flexibility index (Phi) is 3.38. The molecular formula is C16H21N3. The molecule has 3 nitrogen and oxygen atoms in total. The molecule has 3 heteroatoms. The van der Waals surface area contributed by atoms with Crippen LogP contribution >= 0.6 is 0 Å². The van der Waals surface area contributed by atoms with Gasteiger partial charge in [-0.05, 0) is 44.0 Å². The Balaban J connectivity index is 1.98. The molecular weight excluding hydrogens is 234 g/mol. The average molecular weight is 255 g/mol. The van der Waals surface area contributed by atoms with E-state index in [4.69, 9.17) is 5.10 Å². The van der Waals surface area contributed by atoms with E-state index in [0.717, 1.165) is 6.42 Å². The van der Waals surface area contributed by atoms with Crippen LogP contribution in [0.5, 0.6) is 0 Å². The summed E-state index contributed by atoms with van der Waals surface area (Å²) in [6, 6.07) is 11.1. The molecule has 1 aliphatic carbocycles. The molecule has 100 valence electrons. The third kappa shape index (κ3) is 2.43. The van der Waals surface area contributed by atoms with Gasteiger partial charge in [0.15, 0.2) is 0 Å². The number of nitrogens with one attached hydrogen (secondary N) is 1. The number of aromatic nitrogens is 2. The molecule has 0 bridgehead atoms. The van der Waals surface area contributed by atoms with Gasteiger partial charge in [0.1, 0.15) is 0 Å². The zero-order valence-electron chi connectivity index (χ0n) is 11.6. The van der Waals surface area contributed by atoms with Crippen LogP contribution in [0, 0.1) is 0 Å². The fourth-order valence-electron chi connectivity index (χ4n) is 2.64. The zero-order chi connectivity index (χ0) is 13.2. The second-order valence-corrected chi connectivity index (χ2v) is 5.27. The van der Waals surface area contributed by atoms with E-state index in [0.29, 0.717) is 12.0 Å². The molecule has 1 fully saturated rings. The molecule has 1 aliphatic rings. The summed E-state index contributed by atoms with van der Waals surface area (Å²) in [4.78, 5) is 0. The first-order valence-corrected chi connectivity index (χ1v) is 7.15. The highest BCUT2D eigenvalue weighted by Gasteiger charge is 2.26. The van der Waals surface area contributed by atoms with Crippen LogP contribution < -0.4 is 5.32 Å². The minimum Gasteiger partial charge on any atom is -0.313 e. The van der Waals surface area contributed by atoms with Gasteiger partial charge in [-0.25, -0.2) is 4.68 Å². The number of rotatable bonds is 5. The van der Waals surface area contributed by atoms with Crippen LogP contribution in [-0.2, 0) is 0 Å². The maximum Gasteiger partial charge on any atom is 0.0693 e. The fourth-order valence-corrected chi connectivity index (χ4v) is 2.64. The molecule has 0 amide bonds. The fraction of sp³-hybridized carbons (Fsp3) is 0.438. The molecule has 2 aromatic rings. The van der Waals surface area contributed by atoms with Gasteiger partial charge in [0.05, 0.1) is 11.4 Å². The van der Waals surface area contributed by atoms with Gasteiger partial charge in [-0.1, -0.05) is 25.1 Å². The molecule has 1 atom stereocenters. The van der Waals surface area contributed by atoms with Gasteiger partial charge < -0.3 is 5.32 Å². The van der Waals surface area contributed by atoms with Gasteiger partial charge >= 0.3 is 0 Å². The number of para-hydroxylation sites is 1. The highest BCUT2D eigenvalue weighted by Crippen LogP contribution is 2.39. The predicted molar refractivity (Wildman–Crippen MR) is 77.6 cm³/mol. The summed E-state index contributed by atoms with van der Waals surface area (Å²) in [5.41, 5.74) is 3.75. The minimum atomic E-state index is 0.379. The lowest BCUT2D eigenvalue weighted by Crippen LogP contribution is -2.17. The molecule has 0 saturated heterocycles. The van der Waals surface area contributed by atoms with Crippen molar-refractivity contribution in [1.82, 2.24) is 15.1 Å². The normalized spacial score (nSPS) is 16.5. The lowest BCUT2D eigenvalue weighted by molar-refractivity contribution is 0.572. The Bertz CT molecular complexity index is 551. The van der Waals surface area contributed by atoms with Gasteiger partial charge in [-0.3, -0.25) is 0 Å². The Labute approximate surface area is 114 Å². The zero-order valence-corrected chi connectivity index (χ0v) is 11.6. The van der Waals surface area contributed by atoms with E-state index < -0.39 is 0 Å². The third-order valence-electron chi connectivity index (χ3n) is 3.92. The van der Waals surface area contributed by atoms with Crippen LogP contribution in [0.1, 0.15) is 49.4 Å². The summed E-state index contributed by atoms with van der Waals surface area (Å²) >= 11 is 0. The molecule has 1 aromatic heterocycles. The highest BCUT2D eigenvalue weighted by atomic mass is 15.3. The van der Waals surface area contributed by atoms with E-state index in [1.165, 1.54) is 29.8 Å². The molecule has 0 aliphatic heterocycles. The molecule has 1 N–H and O–H groups in total. The van der Waals surface area contributed by atoms with Crippen molar-refractivity contribution in [2.45, 2.75) is 38.1 Å². The van der Waals surface area contributed by atoms with Gasteiger partial charge in [-0.2, -0.15) is 5.10 Å². The molecule has 0 radical (unpaired) electrons. The summed E-state index contributed by atoms with van der Waals surface area (Å²) in [6.45, 7) is 2.21. The van der Waals surface area contributed by atoms with Crippen LogP contribution in [0.3, 0.4) is 0 Å². The summed E-state index contributed by atoms with van der Waals surface area (Å²) in [7, 11) is 2.02. The lowest BCUT2D eigenvalue weighted by Gasteiger charge is -2.18. The number of nitrogens with zero attached hydrogens (tertiary/aromatic N) is 2. The molecule has 1 unspecified atom stereocenters. The van der Waals surface area contributed by atoms with Crippen molar-refractivity contribution in [1.29, 1.82) is 0 Å². The summed E-state index contributed by atoms with van der Waals surface area (Å²) in [5.74, 6) is 0.708. The topological polar surface area (TPSA) is 29.9 Å². The van der Waals surface area contributed by atoms with Crippen LogP contribution in [-0.4, -0.2) is 16.8 Å². The summed E-state index contributed by atoms with van der Waals surface area (Å²) in [6.07, 6.45) is 5.76. The Morgan fingerprint density at radius 2 is 2.11 bits per heavy atom. The first-order chi connectivity index (χ1) is 9.33. The summed E-state index contributed by atoms with van der Waals surface area (Å²) < 4.78 is 2.03. The van der Waals surface area contributed by atoms with Crippen molar-refractivity contribution in [2.24, 2.45) is 0 Å². The maximum atomic E-state index is 4.74. The number of benzene rings is 1. The van der Waals surface area contributed by atoms with Gasteiger partial charge in [0.2, 0.25) is 0 Å². The van der Waals surface area contributed by atoms with E-state index in [1.807, 2.05) is 11.7 Å². The molecule has 1 saturated carbocycles. The number of hydrogen-bond donors (Lipinski definition) is 1. The predicted octanol–water partition coefficient (Wildman–Crippen LogP) is 3.42. The monoisotopic (exact) mass is 255 g/mol. The second kappa shape index (κ2) is 5.17. The molecule has 19 heavy (non-hydrogen) atoms. The summed E-state index contributed by atoms with van der Waals surface area (Å²) in [5, 5.41) is 8.12. The largest absolute Gasteiger partial charge is 0.313 e. The second-order valence-electron chi connectivity index (χ2n) is 5.27. The molecule has 3 rings (SSSR count). The van der Waals surface area contributed by atoms with Gasteiger partial charge in [0.25, 0.3) is 0 Å². The first kappa shape index (κ1) is 12.4. The minimum absolute atomic E-state index is 0.379. The number of hydrogen-bond acceptors (Lipinski definition) is 2. The van der Waals surface area contributed by atoms with Gasteiger partial charge in [-0.15, -0.1) is 0 Å². The van der Waals surface area contributed by atoms with E-state index >= 15 is 0 Å². The van der Waals surface area contributed by atoms with E-state index in [-0.39, 0.29) is 0 Å². The van der Waals surface area contributed by atoms with Crippen LogP contribution in [0.2, 0.25) is 0 Å². The first-order valence-electron chi connectivity index (χ1n) is 7.15. The molecule has 1 heterocycles. The quantitative estimate of drug-likeness (QED) is 0.887. The van der Waals surface area contributed by atoms with E-state index in [2.05, 4.69) is 48.8 Å².